The smallest absolute Gasteiger partial charge is 0.245 e. The number of hydrogen-bond acceptors (Lipinski definition) is 2. The van der Waals surface area contributed by atoms with E-state index in [1.807, 2.05) is 9.80 Å². The largest absolute Gasteiger partial charge is 0.340 e. The minimum absolute atomic E-state index is 0.149. The standard InChI is InChI=1S/C15H24N2O2/c1-2-15(7-4-8-15)11-16-10-6-13(18)17-9-3-5-12(17)14(16)19/h12H,2-11H2,1H3. The third kappa shape index (κ3) is 2.15. The van der Waals surface area contributed by atoms with E-state index in [-0.39, 0.29) is 17.9 Å². The molecule has 3 aliphatic rings. The van der Waals surface area contributed by atoms with Gasteiger partial charge in [-0.05, 0) is 37.5 Å². The lowest BCUT2D eigenvalue weighted by molar-refractivity contribution is -0.140. The van der Waals surface area contributed by atoms with E-state index < -0.39 is 0 Å². The van der Waals surface area contributed by atoms with Crippen molar-refractivity contribution in [1.29, 1.82) is 0 Å². The molecule has 4 nitrogen and oxygen atoms in total. The predicted molar refractivity (Wildman–Crippen MR) is 72.5 cm³/mol. The maximum Gasteiger partial charge on any atom is 0.245 e. The van der Waals surface area contributed by atoms with Crippen LogP contribution < -0.4 is 0 Å². The summed E-state index contributed by atoms with van der Waals surface area (Å²) in [7, 11) is 0. The first-order valence-electron chi connectivity index (χ1n) is 7.73. The van der Waals surface area contributed by atoms with Crippen LogP contribution in [0, 0.1) is 5.41 Å². The van der Waals surface area contributed by atoms with Crippen LogP contribution in [0.4, 0.5) is 0 Å². The van der Waals surface area contributed by atoms with Gasteiger partial charge in [-0.2, -0.15) is 0 Å². The molecule has 3 rings (SSSR count). The van der Waals surface area contributed by atoms with Crippen LogP contribution in [0.25, 0.3) is 0 Å². The van der Waals surface area contributed by atoms with Gasteiger partial charge < -0.3 is 9.80 Å². The van der Waals surface area contributed by atoms with Crippen LogP contribution >= 0.6 is 0 Å². The van der Waals surface area contributed by atoms with Crippen molar-refractivity contribution >= 4 is 11.8 Å². The topological polar surface area (TPSA) is 40.6 Å². The average Bonchev–Trinajstić information content (AvgIpc) is 2.81. The Morgan fingerprint density at radius 2 is 2.00 bits per heavy atom. The highest BCUT2D eigenvalue weighted by atomic mass is 16.2. The summed E-state index contributed by atoms with van der Waals surface area (Å²) in [6.07, 6.45) is 7.30. The first-order chi connectivity index (χ1) is 9.15. The lowest BCUT2D eigenvalue weighted by Crippen LogP contribution is -2.49. The van der Waals surface area contributed by atoms with E-state index in [9.17, 15) is 9.59 Å². The number of hydrogen-bond donors (Lipinski definition) is 0. The molecule has 0 radical (unpaired) electrons. The van der Waals surface area contributed by atoms with Gasteiger partial charge in [0.05, 0.1) is 0 Å². The molecule has 2 aliphatic heterocycles. The molecular formula is C15H24N2O2. The van der Waals surface area contributed by atoms with E-state index in [1.165, 1.54) is 19.3 Å². The second-order valence-electron chi connectivity index (χ2n) is 6.46. The summed E-state index contributed by atoms with van der Waals surface area (Å²) in [4.78, 5) is 28.5. The van der Waals surface area contributed by atoms with Crippen molar-refractivity contribution in [2.45, 2.75) is 57.9 Å². The molecule has 2 amide bonds. The highest BCUT2D eigenvalue weighted by molar-refractivity contribution is 5.90. The quantitative estimate of drug-likeness (QED) is 0.779. The number of carbonyl (C=O) groups is 2. The highest BCUT2D eigenvalue weighted by Crippen LogP contribution is 2.44. The second kappa shape index (κ2) is 4.80. The molecule has 2 saturated heterocycles. The summed E-state index contributed by atoms with van der Waals surface area (Å²) in [5, 5.41) is 0. The number of nitrogens with zero attached hydrogens (tertiary/aromatic N) is 2. The maximum absolute atomic E-state index is 12.6. The van der Waals surface area contributed by atoms with Gasteiger partial charge >= 0.3 is 0 Å². The molecule has 0 N–H and O–H groups in total. The normalized spacial score (nSPS) is 30.1. The minimum Gasteiger partial charge on any atom is -0.340 e. The zero-order chi connectivity index (χ0) is 13.5. The van der Waals surface area contributed by atoms with E-state index in [0.29, 0.717) is 18.4 Å². The fraction of sp³-hybridized carbons (Fsp3) is 0.867. The van der Waals surface area contributed by atoms with Crippen molar-refractivity contribution in [1.82, 2.24) is 9.80 Å². The fourth-order valence-corrected chi connectivity index (χ4v) is 3.88. The molecule has 106 valence electrons. The first kappa shape index (κ1) is 12.9. The molecule has 0 aromatic heterocycles. The van der Waals surface area contributed by atoms with E-state index in [4.69, 9.17) is 0 Å². The monoisotopic (exact) mass is 264 g/mol. The Kier molecular flexibility index (Phi) is 3.27. The molecule has 1 saturated carbocycles. The van der Waals surface area contributed by atoms with Crippen molar-refractivity contribution in [3.63, 3.8) is 0 Å². The van der Waals surface area contributed by atoms with E-state index in [2.05, 4.69) is 6.92 Å². The van der Waals surface area contributed by atoms with Gasteiger partial charge in [0.15, 0.2) is 0 Å². The first-order valence-corrected chi connectivity index (χ1v) is 7.73. The average molecular weight is 264 g/mol. The molecule has 0 aromatic rings. The predicted octanol–water partition coefficient (Wildman–Crippen LogP) is 1.79. The second-order valence-corrected chi connectivity index (χ2v) is 6.46. The van der Waals surface area contributed by atoms with Gasteiger partial charge in [0, 0.05) is 26.1 Å². The van der Waals surface area contributed by atoms with Gasteiger partial charge in [0.1, 0.15) is 6.04 Å². The summed E-state index contributed by atoms with van der Waals surface area (Å²) in [5.41, 5.74) is 0.354. The van der Waals surface area contributed by atoms with Crippen molar-refractivity contribution < 1.29 is 9.59 Å². The van der Waals surface area contributed by atoms with Gasteiger partial charge in [-0.1, -0.05) is 13.3 Å². The van der Waals surface area contributed by atoms with E-state index in [1.54, 1.807) is 0 Å². The Hall–Kier alpha value is -1.06. The lowest BCUT2D eigenvalue weighted by atomic mass is 9.66. The van der Waals surface area contributed by atoms with Crippen LogP contribution in [0.3, 0.4) is 0 Å². The van der Waals surface area contributed by atoms with Crippen molar-refractivity contribution in [3.05, 3.63) is 0 Å². The zero-order valence-electron chi connectivity index (χ0n) is 11.9. The molecule has 4 heteroatoms. The lowest BCUT2D eigenvalue weighted by Gasteiger charge is -2.44. The summed E-state index contributed by atoms with van der Waals surface area (Å²) in [6, 6.07) is -0.149. The van der Waals surface area contributed by atoms with Gasteiger partial charge in [-0.25, -0.2) is 0 Å². The fourth-order valence-electron chi connectivity index (χ4n) is 3.88. The maximum atomic E-state index is 12.6. The van der Waals surface area contributed by atoms with E-state index in [0.717, 1.165) is 32.4 Å². The van der Waals surface area contributed by atoms with Crippen LogP contribution in [0.2, 0.25) is 0 Å². The van der Waals surface area contributed by atoms with Gasteiger partial charge in [0.2, 0.25) is 11.8 Å². The van der Waals surface area contributed by atoms with Crippen LogP contribution in [0.1, 0.15) is 51.9 Å². The Labute approximate surface area is 115 Å². The van der Waals surface area contributed by atoms with Gasteiger partial charge in [-0.15, -0.1) is 0 Å². The van der Waals surface area contributed by atoms with Crippen molar-refractivity contribution in [2.75, 3.05) is 19.6 Å². The Bertz CT molecular complexity index is 384. The van der Waals surface area contributed by atoms with Gasteiger partial charge in [-0.3, -0.25) is 9.59 Å². The summed E-state index contributed by atoms with van der Waals surface area (Å²) < 4.78 is 0. The van der Waals surface area contributed by atoms with Crippen LogP contribution in [0.15, 0.2) is 0 Å². The molecule has 3 fully saturated rings. The van der Waals surface area contributed by atoms with Crippen molar-refractivity contribution in [2.24, 2.45) is 5.41 Å². The van der Waals surface area contributed by atoms with Crippen LogP contribution in [-0.4, -0.2) is 47.3 Å². The number of rotatable bonds is 3. The highest BCUT2D eigenvalue weighted by Gasteiger charge is 2.43. The molecule has 0 bridgehead atoms. The molecule has 0 spiro atoms. The SMILES string of the molecule is CCC1(CN2CCC(=O)N3CCCC3C2=O)CCC1. The summed E-state index contributed by atoms with van der Waals surface area (Å²) in [6.45, 7) is 4.52. The Morgan fingerprint density at radius 3 is 2.63 bits per heavy atom. The van der Waals surface area contributed by atoms with Crippen molar-refractivity contribution in [3.8, 4) is 0 Å². The molecule has 1 aliphatic carbocycles. The molecule has 1 unspecified atom stereocenters. The Balaban J connectivity index is 1.74. The van der Waals surface area contributed by atoms with Crippen LogP contribution in [0.5, 0.6) is 0 Å². The van der Waals surface area contributed by atoms with Gasteiger partial charge in [0.25, 0.3) is 0 Å². The molecule has 1 atom stereocenters. The number of fused-ring (bicyclic) bond motifs is 1. The molecule has 19 heavy (non-hydrogen) atoms. The third-order valence-electron chi connectivity index (χ3n) is 5.46. The molecule has 2 heterocycles. The third-order valence-corrected chi connectivity index (χ3v) is 5.46. The molecule has 0 aromatic carbocycles. The molecular weight excluding hydrogens is 240 g/mol. The van der Waals surface area contributed by atoms with E-state index >= 15 is 0 Å². The summed E-state index contributed by atoms with van der Waals surface area (Å²) >= 11 is 0. The summed E-state index contributed by atoms with van der Waals surface area (Å²) in [5.74, 6) is 0.389. The number of carbonyl (C=O) groups excluding carboxylic acids is 2. The minimum atomic E-state index is -0.149. The Morgan fingerprint density at radius 1 is 1.21 bits per heavy atom. The zero-order valence-corrected chi connectivity index (χ0v) is 11.9. The van der Waals surface area contributed by atoms with Crippen LogP contribution in [-0.2, 0) is 9.59 Å². The number of amides is 2.